The molecule has 0 spiro atoms. The minimum absolute atomic E-state index is 0.155. The third kappa shape index (κ3) is 4.39. The van der Waals surface area contributed by atoms with E-state index in [0.29, 0.717) is 35.3 Å². The second-order valence-electron chi connectivity index (χ2n) is 8.82. The summed E-state index contributed by atoms with van der Waals surface area (Å²) in [5, 5.41) is 11.3. The number of fused-ring (bicyclic) bond motifs is 5. The van der Waals surface area contributed by atoms with Gasteiger partial charge < -0.3 is 14.6 Å². The van der Waals surface area contributed by atoms with E-state index in [1.807, 2.05) is 60.2 Å². The minimum atomic E-state index is -0.291. The van der Waals surface area contributed by atoms with Crippen LogP contribution in [0, 0.1) is 12.8 Å². The lowest BCUT2D eigenvalue weighted by molar-refractivity contribution is 0.102. The fourth-order valence-corrected chi connectivity index (χ4v) is 4.21. The third-order valence-corrected chi connectivity index (χ3v) is 6.00. The van der Waals surface area contributed by atoms with Crippen LogP contribution in [-0.2, 0) is 0 Å². The van der Waals surface area contributed by atoms with E-state index < -0.39 is 0 Å². The summed E-state index contributed by atoms with van der Waals surface area (Å²) in [7, 11) is 0. The maximum Gasteiger partial charge on any atom is 0.260 e. The van der Waals surface area contributed by atoms with Gasteiger partial charge in [-0.1, -0.05) is 25.1 Å². The Kier molecular flexibility index (Phi) is 5.79. The summed E-state index contributed by atoms with van der Waals surface area (Å²) < 4.78 is 8.18. The van der Waals surface area contributed by atoms with Crippen molar-refractivity contribution in [3.05, 3.63) is 72.3 Å². The first-order valence-corrected chi connectivity index (χ1v) is 11.4. The molecule has 2 bridgehead atoms. The van der Waals surface area contributed by atoms with Crippen LogP contribution in [0.2, 0.25) is 0 Å². The molecule has 3 aromatic heterocycles. The zero-order valence-electron chi connectivity index (χ0n) is 19.4. The van der Waals surface area contributed by atoms with Crippen molar-refractivity contribution in [3.63, 3.8) is 0 Å². The largest absolute Gasteiger partial charge is 0.492 e. The molecule has 1 aliphatic heterocycles. The molecule has 4 aromatic rings. The number of carbonyl (C=O) groups is 1. The second-order valence-corrected chi connectivity index (χ2v) is 8.82. The summed E-state index contributed by atoms with van der Waals surface area (Å²) in [5.41, 5.74) is 3.87. The molecule has 2 atom stereocenters. The van der Waals surface area contributed by atoms with Crippen molar-refractivity contribution in [1.82, 2.24) is 24.7 Å². The SMILES string of the molecule is Cc1ccc(-c2ccc3c(c2)C(=O)Nc2cccc(n2)-c2nncn2[C@@H](C)C[C@@H](C)CO3)cn1. The quantitative estimate of drug-likeness (QED) is 0.438. The van der Waals surface area contributed by atoms with E-state index in [0.717, 1.165) is 23.2 Å². The Morgan fingerprint density at radius 1 is 1.09 bits per heavy atom. The van der Waals surface area contributed by atoms with Crippen LogP contribution >= 0.6 is 0 Å². The van der Waals surface area contributed by atoms with Crippen molar-refractivity contribution < 1.29 is 9.53 Å². The van der Waals surface area contributed by atoms with Gasteiger partial charge in [-0.05, 0) is 62.1 Å². The van der Waals surface area contributed by atoms with Crippen LogP contribution in [0.4, 0.5) is 5.82 Å². The average molecular weight is 455 g/mol. The molecule has 1 aromatic carbocycles. The fraction of sp³-hybridized carbons (Fsp3) is 0.269. The highest BCUT2D eigenvalue weighted by Gasteiger charge is 2.21. The number of hydrogen-bond donors (Lipinski definition) is 1. The van der Waals surface area contributed by atoms with E-state index in [4.69, 9.17) is 4.74 Å². The Bertz CT molecular complexity index is 1330. The van der Waals surface area contributed by atoms with E-state index in [9.17, 15) is 4.79 Å². The van der Waals surface area contributed by atoms with E-state index in [1.165, 1.54) is 0 Å². The first kappa shape index (κ1) is 21.8. The number of benzene rings is 1. The van der Waals surface area contributed by atoms with Gasteiger partial charge in [0.2, 0.25) is 0 Å². The van der Waals surface area contributed by atoms with Crippen molar-refractivity contribution in [2.24, 2.45) is 5.92 Å². The number of nitrogens with one attached hydrogen (secondary N) is 1. The van der Waals surface area contributed by atoms with Crippen LogP contribution in [0.5, 0.6) is 5.75 Å². The highest BCUT2D eigenvalue weighted by Crippen LogP contribution is 2.30. The van der Waals surface area contributed by atoms with Crippen LogP contribution in [-0.4, -0.2) is 37.2 Å². The maximum atomic E-state index is 13.4. The highest BCUT2D eigenvalue weighted by atomic mass is 16.5. The second kappa shape index (κ2) is 9.05. The molecule has 0 radical (unpaired) electrons. The van der Waals surface area contributed by atoms with Crippen LogP contribution in [0.25, 0.3) is 22.6 Å². The average Bonchev–Trinajstić information content (AvgIpc) is 3.33. The number of anilines is 1. The van der Waals surface area contributed by atoms with E-state index >= 15 is 0 Å². The Morgan fingerprint density at radius 3 is 2.76 bits per heavy atom. The molecule has 0 unspecified atom stereocenters. The molecule has 0 aliphatic carbocycles. The standard InChI is InChI=1S/C26H26N6O2/c1-16-11-18(3)32-15-28-31-25(32)22-5-4-6-24(29-22)30-26(33)21-12-19(9-10-23(21)34-14-16)20-8-7-17(2)27-13-20/h4-10,12-13,15-16,18H,11,14H2,1-3H3,(H,29,30,33)/t16-,18+/m1/s1. The number of carbonyl (C=O) groups excluding carboxylic acids is 1. The van der Waals surface area contributed by atoms with Crippen molar-refractivity contribution in [2.75, 3.05) is 11.9 Å². The first-order valence-electron chi connectivity index (χ1n) is 11.4. The van der Waals surface area contributed by atoms with Gasteiger partial charge in [0.05, 0.1) is 12.2 Å². The molecule has 0 saturated carbocycles. The summed E-state index contributed by atoms with van der Waals surface area (Å²) in [5.74, 6) is 1.59. The van der Waals surface area contributed by atoms with Gasteiger partial charge in [0, 0.05) is 23.5 Å². The van der Waals surface area contributed by atoms with E-state index in [-0.39, 0.29) is 17.9 Å². The Labute approximate surface area is 198 Å². The molecule has 8 heteroatoms. The van der Waals surface area contributed by atoms with Crippen LogP contribution in [0.3, 0.4) is 0 Å². The molecule has 5 rings (SSSR count). The lowest BCUT2D eigenvalue weighted by atomic mass is 10.0. The molecule has 1 aliphatic rings. The summed E-state index contributed by atoms with van der Waals surface area (Å²) in [6.07, 6.45) is 4.39. The van der Waals surface area contributed by atoms with Crippen LogP contribution < -0.4 is 10.1 Å². The predicted molar refractivity (Wildman–Crippen MR) is 130 cm³/mol. The van der Waals surface area contributed by atoms with Gasteiger partial charge in [0.1, 0.15) is 23.6 Å². The van der Waals surface area contributed by atoms with Crippen molar-refractivity contribution in [2.45, 2.75) is 33.2 Å². The van der Waals surface area contributed by atoms with Crippen molar-refractivity contribution in [3.8, 4) is 28.4 Å². The molecule has 1 N–H and O–H groups in total. The third-order valence-electron chi connectivity index (χ3n) is 6.00. The van der Waals surface area contributed by atoms with E-state index in [2.05, 4.69) is 39.3 Å². The topological polar surface area (TPSA) is 94.8 Å². The number of nitrogens with zero attached hydrogens (tertiary/aromatic N) is 5. The smallest absolute Gasteiger partial charge is 0.260 e. The normalized spacial score (nSPS) is 18.1. The van der Waals surface area contributed by atoms with Crippen molar-refractivity contribution in [1.29, 1.82) is 0 Å². The van der Waals surface area contributed by atoms with Gasteiger partial charge in [-0.2, -0.15) is 0 Å². The van der Waals surface area contributed by atoms with Gasteiger partial charge in [-0.15, -0.1) is 10.2 Å². The Hall–Kier alpha value is -4.07. The molecule has 1 amide bonds. The van der Waals surface area contributed by atoms with Gasteiger partial charge in [0.25, 0.3) is 5.91 Å². The lowest BCUT2D eigenvalue weighted by Crippen LogP contribution is -2.19. The molecule has 34 heavy (non-hydrogen) atoms. The number of rotatable bonds is 1. The molecule has 0 saturated heterocycles. The highest BCUT2D eigenvalue weighted by molar-refractivity contribution is 6.06. The molecule has 0 fully saturated rings. The molecule has 8 nitrogen and oxygen atoms in total. The lowest BCUT2D eigenvalue weighted by Gasteiger charge is -2.21. The number of aryl methyl sites for hydroxylation is 1. The maximum absolute atomic E-state index is 13.4. The zero-order chi connectivity index (χ0) is 23.7. The number of hydrogen-bond acceptors (Lipinski definition) is 6. The molecule has 4 heterocycles. The Balaban J connectivity index is 1.57. The first-order chi connectivity index (χ1) is 16.5. The zero-order valence-corrected chi connectivity index (χ0v) is 19.4. The summed E-state index contributed by atoms with van der Waals surface area (Å²) in [4.78, 5) is 22.4. The number of pyridine rings is 2. The summed E-state index contributed by atoms with van der Waals surface area (Å²) >= 11 is 0. The summed E-state index contributed by atoms with van der Waals surface area (Å²) in [6, 6.07) is 15.2. The van der Waals surface area contributed by atoms with Gasteiger partial charge in [-0.3, -0.25) is 9.78 Å². The van der Waals surface area contributed by atoms with Crippen molar-refractivity contribution >= 4 is 11.7 Å². The molecule has 172 valence electrons. The predicted octanol–water partition coefficient (Wildman–Crippen LogP) is 4.94. The number of ether oxygens (including phenoxy) is 1. The van der Waals surface area contributed by atoms with Crippen LogP contribution in [0.1, 0.15) is 42.4 Å². The number of aromatic nitrogens is 5. The van der Waals surface area contributed by atoms with Gasteiger partial charge in [-0.25, -0.2) is 4.98 Å². The van der Waals surface area contributed by atoms with Gasteiger partial charge in [0.15, 0.2) is 5.82 Å². The monoisotopic (exact) mass is 454 g/mol. The minimum Gasteiger partial charge on any atom is -0.492 e. The van der Waals surface area contributed by atoms with E-state index in [1.54, 1.807) is 12.4 Å². The summed E-state index contributed by atoms with van der Waals surface area (Å²) in [6.45, 7) is 6.70. The number of amides is 1. The van der Waals surface area contributed by atoms with Crippen LogP contribution in [0.15, 0.2) is 61.1 Å². The Morgan fingerprint density at radius 2 is 1.94 bits per heavy atom. The molecular formula is C26H26N6O2. The molecular weight excluding hydrogens is 428 g/mol. The van der Waals surface area contributed by atoms with Gasteiger partial charge >= 0.3 is 0 Å². The fourth-order valence-electron chi connectivity index (χ4n) is 4.21.